The molecule has 4 aromatic carbocycles. The van der Waals surface area contributed by atoms with Gasteiger partial charge in [0.05, 0.1) is 11.1 Å². The molecule has 0 atom stereocenters. The Bertz CT molecular complexity index is 1650. The van der Waals surface area contributed by atoms with Gasteiger partial charge in [0.25, 0.3) is 12.0 Å². The van der Waals surface area contributed by atoms with Crippen molar-refractivity contribution < 1.29 is 15.0 Å². The predicted molar refractivity (Wildman–Crippen MR) is 159 cm³/mol. The number of carbonyl (C=O) groups is 1. The SMILES string of the molecule is CC(C)(C)O.CCc1c(-c2ccc(C)cc2)c(C)c2c([nH]c(=O)c3cc4ccccc4cc32)c1C.O=CO. The Morgan fingerprint density at radius 2 is 1.37 bits per heavy atom. The topological polar surface area (TPSA) is 90.4 Å². The Labute approximate surface area is 223 Å². The Hall–Kier alpha value is -3.96. The fourth-order valence-electron chi connectivity index (χ4n) is 4.93. The Kier molecular flexibility index (Phi) is 8.74. The first kappa shape index (κ1) is 28.6. The highest BCUT2D eigenvalue weighted by molar-refractivity contribution is 6.14. The lowest BCUT2D eigenvalue weighted by molar-refractivity contribution is -0.122. The van der Waals surface area contributed by atoms with E-state index in [4.69, 9.17) is 15.0 Å². The molecule has 0 saturated heterocycles. The van der Waals surface area contributed by atoms with Crippen molar-refractivity contribution in [2.75, 3.05) is 0 Å². The number of hydrogen-bond donors (Lipinski definition) is 3. The molecule has 198 valence electrons. The second kappa shape index (κ2) is 11.6. The van der Waals surface area contributed by atoms with Crippen molar-refractivity contribution in [3.63, 3.8) is 0 Å². The number of nitrogens with one attached hydrogen (secondary N) is 1. The van der Waals surface area contributed by atoms with Crippen molar-refractivity contribution in [2.45, 2.75) is 60.5 Å². The zero-order chi connectivity index (χ0) is 28.2. The predicted octanol–water partition coefficient (Wildman–Crippen LogP) is 7.47. The lowest BCUT2D eigenvalue weighted by Crippen LogP contribution is -2.10. The van der Waals surface area contributed by atoms with Crippen LogP contribution in [-0.4, -0.2) is 27.3 Å². The number of aliphatic hydroxyl groups is 1. The van der Waals surface area contributed by atoms with Crippen LogP contribution < -0.4 is 5.56 Å². The molecule has 0 aliphatic heterocycles. The van der Waals surface area contributed by atoms with Crippen LogP contribution in [0.25, 0.3) is 43.6 Å². The third kappa shape index (κ3) is 6.12. The van der Waals surface area contributed by atoms with E-state index in [1.54, 1.807) is 20.8 Å². The number of fused-ring (bicyclic) bond motifs is 4. The third-order valence-electron chi connectivity index (χ3n) is 6.46. The monoisotopic (exact) mass is 511 g/mol. The summed E-state index contributed by atoms with van der Waals surface area (Å²) < 4.78 is 0. The molecule has 0 amide bonds. The molecule has 0 aliphatic carbocycles. The molecule has 0 aliphatic rings. The number of aromatic amines is 1. The number of aryl methyl sites for hydroxylation is 3. The number of H-pyrrole nitrogens is 1. The number of aromatic nitrogens is 1. The first-order valence-electron chi connectivity index (χ1n) is 12.8. The quantitative estimate of drug-likeness (QED) is 0.130. The van der Waals surface area contributed by atoms with Crippen LogP contribution in [0.5, 0.6) is 0 Å². The Morgan fingerprint density at radius 3 is 1.87 bits per heavy atom. The maximum atomic E-state index is 13.0. The summed E-state index contributed by atoms with van der Waals surface area (Å²) in [4.78, 5) is 24.6. The van der Waals surface area contributed by atoms with E-state index in [-0.39, 0.29) is 12.0 Å². The summed E-state index contributed by atoms with van der Waals surface area (Å²) >= 11 is 0. The van der Waals surface area contributed by atoms with Gasteiger partial charge in [-0.15, -0.1) is 0 Å². The molecule has 0 unspecified atom stereocenters. The smallest absolute Gasteiger partial charge is 0.290 e. The Balaban J connectivity index is 0.000000443. The molecular weight excluding hydrogens is 474 g/mol. The highest BCUT2D eigenvalue weighted by atomic mass is 16.3. The molecular formula is C33H37NO4. The number of pyridine rings is 1. The summed E-state index contributed by atoms with van der Waals surface area (Å²) in [5, 5.41) is 20.6. The van der Waals surface area contributed by atoms with E-state index in [2.05, 4.69) is 81.2 Å². The van der Waals surface area contributed by atoms with Crippen molar-refractivity contribution >= 4 is 38.9 Å². The molecule has 5 rings (SSSR count). The summed E-state index contributed by atoms with van der Waals surface area (Å²) in [5.74, 6) is 0. The van der Waals surface area contributed by atoms with E-state index in [0.29, 0.717) is 0 Å². The molecule has 5 heteroatoms. The molecule has 38 heavy (non-hydrogen) atoms. The van der Waals surface area contributed by atoms with Crippen molar-refractivity contribution in [2.24, 2.45) is 0 Å². The molecule has 5 aromatic rings. The van der Waals surface area contributed by atoms with Gasteiger partial charge in [0.1, 0.15) is 0 Å². The lowest BCUT2D eigenvalue weighted by atomic mass is 9.85. The van der Waals surface area contributed by atoms with Crippen LogP contribution in [0.2, 0.25) is 0 Å². The van der Waals surface area contributed by atoms with Gasteiger partial charge < -0.3 is 15.2 Å². The molecule has 0 radical (unpaired) electrons. The van der Waals surface area contributed by atoms with Gasteiger partial charge in [0, 0.05) is 10.8 Å². The summed E-state index contributed by atoms with van der Waals surface area (Å²) in [6.45, 7) is 13.6. The standard InChI is InChI=1S/C28H25NO.C4H10O.CH2O2/c1-5-22-17(3)27-26(18(4)25(22)19-12-10-16(2)11-13-19)23-14-20-8-6-7-9-21(20)15-24(23)28(30)29-27;1-4(2,3)5;2-1-3/h6-15H,5H2,1-4H3,(H,29,30);5H,1-3H3;1H,(H,2,3). The molecule has 0 fully saturated rings. The lowest BCUT2D eigenvalue weighted by Gasteiger charge is -2.20. The van der Waals surface area contributed by atoms with E-state index in [9.17, 15) is 4.79 Å². The average molecular weight is 512 g/mol. The van der Waals surface area contributed by atoms with Gasteiger partial charge >= 0.3 is 0 Å². The van der Waals surface area contributed by atoms with Gasteiger partial charge in [0.15, 0.2) is 0 Å². The second-order valence-electron chi connectivity index (χ2n) is 10.5. The number of hydrogen-bond acceptors (Lipinski definition) is 3. The van der Waals surface area contributed by atoms with E-state index in [1.807, 2.05) is 12.1 Å². The number of rotatable bonds is 2. The van der Waals surface area contributed by atoms with Crippen LogP contribution in [-0.2, 0) is 11.2 Å². The molecule has 5 nitrogen and oxygen atoms in total. The van der Waals surface area contributed by atoms with E-state index in [0.717, 1.165) is 38.9 Å². The highest BCUT2D eigenvalue weighted by Gasteiger charge is 2.19. The zero-order valence-electron chi connectivity index (χ0n) is 23.3. The third-order valence-corrected chi connectivity index (χ3v) is 6.46. The van der Waals surface area contributed by atoms with Gasteiger partial charge in [0.2, 0.25) is 0 Å². The molecule has 0 spiro atoms. The van der Waals surface area contributed by atoms with Gasteiger partial charge in [-0.05, 0) is 104 Å². The van der Waals surface area contributed by atoms with Crippen molar-refractivity contribution in [1.29, 1.82) is 0 Å². The summed E-state index contributed by atoms with van der Waals surface area (Å²) in [7, 11) is 0. The van der Waals surface area contributed by atoms with Crippen LogP contribution in [0.1, 0.15) is 49.9 Å². The van der Waals surface area contributed by atoms with Gasteiger partial charge in [-0.2, -0.15) is 0 Å². The zero-order valence-corrected chi connectivity index (χ0v) is 23.3. The largest absolute Gasteiger partial charge is 0.483 e. The van der Waals surface area contributed by atoms with E-state index >= 15 is 0 Å². The first-order chi connectivity index (χ1) is 17.9. The summed E-state index contributed by atoms with van der Waals surface area (Å²) in [6, 6.07) is 21.2. The van der Waals surface area contributed by atoms with Crippen molar-refractivity contribution in [3.05, 3.63) is 93.3 Å². The maximum absolute atomic E-state index is 13.0. The van der Waals surface area contributed by atoms with Crippen LogP contribution >= 0.6 is 0 Å². The van der Waals surface area contributed by atoms with Gasteiger partial charge in [-0.25, -0.2) is 0 Å². The van der Waals surface area contributed by atoms with Crippen LogP contribution in [0.3, 0.4) is 0 Å². The fraction of sp³-hybridized carbons (Fsp3) is 0.273. The van der Waals surface area contributed by atoms with Crippen molar-refractivity contribution in [1.82, 2.24) is 4.98 Å². The van der Waals surface area contributed by atoms with Crippen LogP contribution in [0.4, 0.5) is 0 Å². The minimum atomic E-state index is -0.500. The average Bonchev–Trinajstić information content (AvgIpc) is 2.85. The minimum Gasteiger partial charge on any atom is -0.483 e. The number of carboxylic acid groups (broad SMARTS) is 1. The van der Waals surface area contributed by atoms with Crippen LogP contribution in [0, 0.1) is 20.8 Å². The normalized spacial score (nSPS) is 11.1. The molecule has 1 heterocycles. The fourth-order valence-corrected chi connectivity index (χ4v) is 4.93. The second-order valence-corrected chi connectivity index (χ2v) is 10.5. The molecule has 0 bridgehead atoms. The summed E-state index contributed by atoms with van der Waals surface area (Å²) in [6.07, 6.45) is 0.920. The molecule has 1 aromatic heterocycles. The maximum Gasteiger partial charge on any atom is 0.290 e. The first-order valence-corrected chi connectivity index (χ1v) is 12.8. The molecule has 0 saturated carbocycles. The van der Waals surface area contributed by atoms with Gasteiger partial charge in [-0.3, -0.25) is 9.59 Å². The van der Waals surface area contributed by atoms with Crippen molar-refractivity contribution in [3.8, 4) is 11.1 Å². The van der Waals surface area contributed by atoms with E-state index in [1.165, 1.54) is 33.4 Å². The summed E-state index contributed by atoms with van der Waals surface area (Å²) in [5.41, 5.74) is 7.94. The number of benzene rings is 4. The highest BCUT2D eigenvalue weighted by Crippen LogP contribution is 2.39. The Morgan fingerprint density at radius 1 is 0.868 bits per heavy atom. The van der Waals surface area contributed by atoms with Crippen LogP contribution in [0.15, 0.2) is 65.5 Å². The minimum absolute atomic E-state index is 0.0177. The van der Waals surface area contributed by atoms with Gasteiger partial charge in [-0.1, -0.05) is 61.0 Å². The molecule has 3 N–H and O–H groups in total. The van der Waals surface area contributed by atoms with E-state index < -0.39 is 5.60 Å².